The van der Waals surface area contributed by atoms with Gasteiger partial charge in [-0.1, -0.05) is 41.4 Å². The summed E-state index contributed by atoms with van der Waals surface area (Å²) >= 11 is 6.11. The van der Waals surface area contributed by atoms with Crippen molar-refractivity contribution in [3.05, 3.63) is 58.4 Å². The highest BCUT2D eigenvalue weighted by molar-refractivity contribution is 14.0. The van der Waals surface area contributed by atoms with Crippen LogP contribution in [0.2, 0.25) is 5.02 Å². The molecule has 7 heteroatoms. The fourth-order valence-electron chi connectivity index (χ4n) is 3.83. The van der Waals surface area contributed by atoms with Gasteiger partial charge in [0.1, 0.15) is 0 Å². The summed E-state index contributed by atoms with van der Waals surface area (Å²) in [4.78, 5) is 6.58. The number of nitrogens with zero attached hydrogens (tertiary/aromatic N) is 3. The second-order valence-electron chi connectivity index (χ2n) is 7.65. The summed E-state index contributed by atoms with van der Waals surface area (Å²) in [7, 11) is 5.88. The van der Waals surface area contributed by atoms with E-state index in [0.717, 1.165) is 49.2 Å². The van der Waals surface area contributed by atoms with Crippen LogP contribution in [-0.4, -0.2) is 42.7 Å². The van der Waals surface area contributed by atoms with Gasteiger partial charge in [0.15, 0.2) is 5.96 Å². The number of hydrogen-bond acceptors (Lipinski definition) is 2. The fraction of sp³-hybridized carbons (Fsp3) is 0.500. The zero-order valence-electron chi connectivity index (χ0n) is 17.7. The topological polar surface area (TPSA) is 41.8 Å². The Balaban J connectivity index is 0.00000300. The van der Waals surface area contributed by atoms with Crippen molar-refractivity contribution in [1.29, 1.82) is 0 Å². The SMILES string of the molecule is CN=C(NCC1CCCOC1c1ccc(C)cc1)N(C)Cc1cc(Cl)cn1C.I. The first-order chi connectivity index (χ1) is 13.5. The predicted molar refractivity (Wildman–Crippen MR) is 131 cm³/mol. The Labute approximate surface area is 196 Å². The molecule has 160 valence electrons. The molecule has 0 saturated carbocycles. The second-order valence-corrected chi connectivity index (χ2v) is 8.09. The zero-order chi connectivity index (χ0) is 20.1. The molecule has 1 aliphatic heterocycles. The van der Waals surface area contributed by atoms with Gasteiger partial charge in [-0.25, -0.2) is 0 Å². The van der Waals surface area contributed by atoms with E-state index in [2.05, 4.69) is 51.0 Å². The van der Waals surface area contributed by atoms with Crippen LogP contribution in [0.25, 0.3) is 0 Å². The molecule has 1 N–H and O–H groups in total. The highest BCUT2D eigenvalue weighted by atomic mass is 127. The van der Waals surface area contributed by atoms with Crippen LogP contribution in [0.4, 0.5) is 0 Å². The monoisotopic (exact) mass is 530 g/mol. The molecule has 1 fully saturated rings. The van der Waals surface area contributed by atoms with E-state index in [1.165, 1.54) is 11.1 Å². The van der Waals surface area contributed by atoms with Crippen LogP contribution in [0.1, 0.15) is 35.8 Å². The number of hydrogen-bond donors (Lipinski definition) is 1. The van der Waals surface area contributed by atoms with E-state index >= 15 is 0 Å². The Morgan fingerprint density at radius 3 is 2.69 bits per heavy atom. The average molecular weight is 531 g/mol. The van der Waals surface area contributed by atoms with E-state index in [1.54, 1.807) is 0 Å². The van der Waals surface area contributed by atoms with Gasteiger partial charge in [0.05, 0.1) is 17.7 Å². The molecular weight excluding hydrogens is 499 g/mol. The lowest BCUT2D eigenvalue weighted by Crippen LogP contribution is -2.42. The molecule has 0 spiro atoms. The zero-order valence-corrected chi connectivity index (χ0v) is 20.8. The third-order valence-electron chi connectivity index (χ3n) is 5.42. The molecule has 2 atom stereocenters. The van der Waals surface area contributed by atoms with Crippen molar-refractivity contribution < 1.29 is 4.74 Å². The summed E-state index contributed by atoms with van der Waals surface area (Å²) in [6.45, 7) is 4.52. The van der Waals surface area contributed by atoms with E-state index in [-0.39, 0.29) is 30.1 Å². The molecule has 0 amide bonds. The maximum atomic E-state index is 6.15. The summed E-state index contributed by atoms with van der Waals surface area (Å²) < 4.78 is 8.20. The van der Waals surface area contributed by atoms with Crippen LogP contribution in [0.5, 0.6) is 0 Å². The van der Waals surface area contributed by atoms with Crippen LogP contribution in [0.3, 0.4) is 0 Å². The van der Waals surface area contributed by atoms with Crippen LogP contribution in [-0.2, 0) is 18.3 Å². The Kier molecular flexibility index (Phi) is 9.30. The highest BCUT2D eigenvalue weighted by Gasteiger charge is 2.27. The number of nitrogens with one attached hydrogen (secondary N) is 1. The second kappa shape index (κ2) is 11.2. The van der Waals surface area contributed by atoms with Gasteiger partial charge in [-0.05, 0) is 31.4 Å². The molecule has 2 heterocycles. The van der Waals surface area contributed by atoms with E-state index < -0.39 is 0 Å². The lowest BCUT2D eigenvalue weighted by molar-refractivity contribution is -0.0266. The molecule has 1 aromatic carbocycles. The number of rotatable bonds is 5. The minimum absolute atomic E-state index is 0. The summed E-state index contributed by atoms with van der Waals surface area (Å²) in [6.07, 6.45) is 4.31. The molecule has 5 nitrogen and oxygen atoms in total. The largest absolute Gasteiger partial charge is 0.373 e. The Hall–Kier alpha value is -1.25. The van der Waals surface area contributed by atoms with Crippen LogP contribution in [0.15, 0.2) is 41.5 Å². The number of aromatic nitrogens is 1. The molecule has 1 aliphatic rings. The summed E-state index contributed by atoms with van der Waals surface area (Å²) in [5.74, 6) is 1.30. The van der Waals surface area contributed by atoms with E-state index in [1.807, 2.05) is 33.4 Å². The third kappa shape index (κ3) is 6.36. The molecule has 2 aromatic rings. The van der Waals surface area contributed by atoms with Crippen molar-refractivity contribution in [2.45, 2.75) is 32.4 Å². The standard InChI is InChI=1S/C22H31ClN4O.HI/c1-16-7-9-17(10-8-16)21-18(6-5-11-28-21)13-25-22(24-2)27(4)15-20-12-19(23)14-26(20)3;/h7-10,12,14,18,21H,5-6,11,13,15H2,1-4H3,(H,24,25);1H. The first kappa shape index (κ1) is 24.0. The summed E-state index contributed by atoms with van der Waals surface area (Å²) in [5, 5.41) is 4.31. The lowest BCUT2D eigenvalue weighted by atomic mass is 9.89. The maximum absolute atomic E-state index is 6.15. The third-order valence-corrected chi connectivity index (χ3v) is 5.63. The minimum Gasteiger partial charge on any atom is -0.373 e. The first-order valence-electron chi connectivity index (χ1n) is 9.88. The van der Waals surface area contributed by atoms with Crippen LogP contribution in [0, 0.1) is 12.8 Å². The van der Waals surface area contributed by atoms with Gasteiger partial charge in [0.2, 0.25) is 0 Å². The van der Waals surface area contributed by atoms with E-state index in [9.17, 15) is 0 Å². The number of aliphatic imine (C=N–C) groups is 1. The molecule has 29 heavy (non-hydrogen) atoms. The fourth-order valence-corrected chi connectivity index (χ4v) is 4.10. The molecule has 1 aromatic heterocycles. The van der Waals surface area contributed by atoms with Crippen molar-refractivity contribution in [2.24, 2.45) is 18.0 Å². The van der Waals surface area contributed by atoms with Gasteiger partial charge < -0.3 is 19.5 Å². The van der Waals surface area contributed by atoms with E-state index in [4.69, 9.17) is 16.3 Å². The van der Waals surface area contributed by atoms with Gasteiger partial charge >= 0.3 is 0 Å². The molecule has 3 rings (SSSR count). The van der Waals surface area contributed by atoms with Crippen molar-refractivity contribution >= 4 is 41.5 Å². The Morgan fingerprint density at radius 1 is 1.34 bits per heavy atom. The van der Waals surface area contributed by atoms with Crippen LogP contribution >= 0.6 is 35.6 Å². The van der Waals surface area contributed by atoms with Crippen molar-refractivity contribution in [1.82, 2.24) is 14.8 Å². The molecule has 0 aliphatic carbocycles. The molecule has 1 saturated heterocycles. The van der Waals surface area contributed by atoms with Crippen molar-refractivity contribution in [3.8, 4) is 0 Å². The van der Waals surface area contributed by atoms with Crippen molar-refractivity contribution in [3.63, 3.8) is 0 Å². The Bertz CT molecular complexity index is 806. The van der Waals surface area contributed by atoms with Gasteiger partial charge in [-0.2, -0.15) is 0 Å². The molecule has 2 unspecified atom stereocenters. The number of ether oxygens (including phenoxy) is 1. The number of halogens is 2. The van der Waals surface area contributed by atoms with Gasteiger partial charge in [-0.3, -0.25) is 4.99 Å². The number of guanidine groups is 1. The normalized spacial score (nSPS) is 19.6. The first-order valence-corrected chi connectivity index (χ1v) is 10.3. The van der Waals surface area contributed by atoms with Crippen LogP contribution < -0.4 is 5.32 Å². The average Bonchev–Trinajstić information content (AvgIpc) is 3.00. The van der Waals surface area contributed by atoms with Gasteiger partial charge in [0.25, 0.3) is 0 Å². The Morgan fingerprint density at radius 2 is 2.07 bits per heavy atom. The minimum atomic E-state index is 0. The predicted octanol–water partition coefficient (Wildman–Crippen LogP) is 4.78. The number of aryl methyl sites for hydroxylation is 2. The lowest BCUT2D eigenvalue weighted by Gasteiger charge is -2.33. The van der Waals surface area contributed by atoms with E-state index in [0.29, 0.717) is 5.92 Å². The quantitative estimate of drug-likeness (QED) is 0.344. The molecular formula is C22H32ClIN4O. The van der Waals surface area contributed by atoms with Gasteiger partial charge in [0, 0.05) is 52.1 Å². The van der Waals surface area contributed by atoms with Crippen molar-refractivity contribution in [2.75, 3.05) is 27.2 Å². The van der Waals surface area contributed by atoms with Gasteiger partial charge in [-0.15, -0.1) is 24.0 Å². The molecule has 0 radical (unpaired) electrons. The molecule has 0 bridgehead atoms. The number of benzene rings is 1. The maximum Gasteiger partial charge on any atom is 0.193 e. The summed E-state index contributed by atoms with van der Waals surface area (Å²) in [5.41, 5.74) is 3.69. The smallest absolute Gasteiger partial charge is 0.193 e. The highest BCUT2D eigenvalue weighted by Crippen LogP contribution is 2.33. The summed E-state index contributed by atoms with van der Waals surface area (Å²) in [6, 6.07) is 10.7.